The minimum atomic E-state index is 0.351. The number of nitrogens with one attached hydrogen (secondary N) is 1. The summed E-state index contributed by atoms with van der Waals surface area (Å²) in [6.07, 6.45) is 2.34. The van der Waals surface area contributed by atoms with E-state index in [1.807, 2.05) is 18.2 Å². The Morgan fingerprint density at radius 1 is 1.32 bits per heavy atom. The summed E-state index contributed by atoms with van der Waals surface area (Å²) in [7, 11) is 2.94. The van der Waals surface area contributed by atoms with Crippen LogP contribution >= 0.6 is 0 Å². The van der Waals surface area contributed by atoms with Gasteiger partial charge < -0.3 is 4.74 Å². The van der Waals surface area contributed by atoms with Gasteiger partial charge in [0.25, 0.3) is 0 Å². The van der Waals surface area contributed by atoms with E-state index in [1.54, 1.807) is 25.4 Å². The van der Waals surface area contributed by atoms with Gasteiger partial charge in [-0.15, -0.1) is 0 Å². The number of nitrogens with zero attached hydrogens (tertiary/aromatic N) is 2. The molecule has 0 aliphatic carbocycles. The molecule has 0 atom stereocenters. The number of hydroxylamine groups is 1. The molecule has 0 bridgehead atoms. The molecule has 19 heavy (non-hydrogen) atoms. The number of carbonyl (C=O) groups is 1. The Morgan fingerprint density at radius 2 is 2.16 bits per heavy atom. The summed E-state index contributed by atoms with van der Waals surface area (Å²) in [6, 6.07) is 9.03. The molecule has 2 rings (SSSR count). The van der Waals surface area contributed by atoms with E-state index in [4.69, 9.17) is 9.57 Å². The lowest BCUT2D eigenvalue weighted by atomic mass is 10.2. The molecule has 2 heterocycles. The molecule has 2 aromatic rings. The van der Waals surface area contributed by atoms with Gasteiger partial charge in [-0.1, -0.05) is 0 Å². The van der Waals surface area contributed by atoms with Gasteiger partial charge in [0.2, 0.25) is 12.1 Å². The highest BCUT2D eigenvalue weighted by atomic mass is 16.7. The maximum atomic E-state index is 10.9. The number of carbonyl (C=O) groups excluding carboxylic acids is 1. The van der Waals surface area contributed by atoms with Crippen LogP contribution in [-0.2, 0) is 9.63 Å². The molecule has 0 radical (unpaired) electrons. The van der Waals surface area contributed by atoms with Crippen LogP contribution in [0.15, 0.2) is 36.5 Å². The molecule has 0 aromatic carbocycles. The molecule has 6 nitrogen and oxygen atoms in total. The number of methoxy groups -OCH3 is 1. The van der Waals surface area contributed by atoms with Gasteiger partial charge in [0, 0.05) is 24.3 Å². The largest absolute Gasteiger partial charge is 0.497 e. The van der Waals surface area contributed by atoms with Gasteiger partial charge in [-0.3, -0.25) is 9.63 Å². The van der Waals surface area contributed by atoms with E-state index in [0.29, 0.717) is 23.7 Å². The predicted octanol–water partition coefficient (Wildman–Crippen LogP) is 1.10. The van der Waals surface area contributed by atoms with E-state index in [2.05, 4.69) is 9.97 Å². The van der Waals surface area contributed by atoms with Crippen LogP contribution in [0.25, 0.3) is 11.4 Å². The number of aromatic amines is 1. The van der Waals surface area contributed by atoms with Crippen LogP contribution in [-0.4, -0.2) is 25.6 Å². The fourth-order valence-corrected chi connectivity index (χ4v) is 1.60. The number of hydrogen-bond acceptors (Lipinski definition) is 4. The van der Waals surface area contributed by atoms with Crippen molar-refractivity contribution in [1.82, 2.24) is 4.98 Å². The lowest BCUT2D eigenvalue weighted by Crippen LogP contribution is -2.20. The first-order valence-electron chi connectivity index (χ1n) is 5.60. The van der Waals surface area contributed by atoms with Crippen molar-refractivity contribution in [2.45, 2.75) is 0 Å². The molecular weight excluding hydrogens is 246 g/mol. The fourth-order valence-electron chi connectivity index (χ4n) is 1.60. The molecule has 0 spiro atoms. The molecule has 0 unspecified atom stereocenters. The minimum Gasteiger partial charge on any atom is -0.497 e. The van der Waals surface area contributed by atoms with E-state index < -0.39 is 0 Å². The molecule has 0 saturated carbocycles. The lowest BCUT2D eigenvalue weighted by Gasteiger charge is -2.14. The number of amides is 1. The number of anilines is 1. The molecule has 0 saturated heterocycles. The van der Waals surface area contributed by atoms with Crippen LogP contribution in [0.4, 0.5) is 5.82 Å². The van der Waals surface area contributed by atoms with Crippen LogP contribution in [0.2, 0.25) is 0 Å². The zero-order valence-corrected chi connectivity index (χ0v) is 10.7. The average molecular weight is 260 g/mol. The second-order valence-electron chi connectivity index (χ2n) is 3.64. The van der Waals surface area contributed by atoms with Gasteiger partial charge in [-0.05, 0) is 6.07 Å². The standard InChI is InChI=1S/C13H13N3O3/c1-18-10-7-12(11-5-3-4-6-14-11)15-13(8-10)16(9-17)19-2/h3-9H,1-2H3/p+1. The smallest absolute Gasteiger partial charge is 0.239 e. The Balaban J connectivity index is 2.50. The average Bonchev–Trinajstić information content (AvgIpc) is 2.49. The van der Waals surface area contributed by atoms with Gasteiger partial charge in [0.05, 0.1) is 14.2 Å². The normalized spacial score (nSPS) is 10.0. The monoisotopic (exact) mass is 260 g/mol. The fraction of sp³-hybridized carbons (Fsp3) is 0.154. The maximum Gasteiger partial charge on any atom is 0.239 e. The number of hydrogen-bond donors (Lipinski definition) is 0. The highest BCUT2D eigenvalue weighted by Gasteiger charge is 2.14. The number of aromatic nitrogens is 2. The summed E-state index contributed by atoms with van der Waals surface area (Å²) in [5, 5.41) is 1.02. The quantitative estimate of drug-likeness (QED) is 0.596. The third-order valence-electron chi connectivity index (χ3n) is 2.52. The molecular formula is C13H14N3O3+. The van der Waals surface area contributed by atoms with Crippen LogP contribution < -0.4 is 14.8 Å². The molecule has 98 valence electrons. The Hall–Kier alpha value is -2.47. The summed E-state index contributed by atoms with van der Waals surface area (Å²) < 4.78 is 5.20. The molecule has 6 heteroatoms. The number of pyridine rings is 2. The van der Waals surface area contributed by atoms with Crippen molar-refractivity contribution in [1.29, 1.82) is 0 Å². The van der Waals surface area contributed by atoms with Crippen molar-refractivity contribution in [3.05, 3.63) is 36.5 Å². The van der Waals surface area contributed by atoms with Crippen molar-refractivity contribution < 1.29 is 19.4 Å². The lowest BCUT2D eigenvalue weighted by molar-refractivity contribution is -0.364. The number of ether oxygens (including phenoxy) is 1. The highest BCUT2D eigenvalue weighted by Crippen LogP contribution is 2.24. The van der Waals surface area contributed by atoms with Crippen molar-refractivity contribution in [3.63, 3.8) is 0 Å². The summed E-state index contributed by atoms with van der Waals surface area (Å²) in [6.45, 7) is 0. The van der Waals surface area contributed by atoms with E-state index in [0.717, 1.165) is 10.8 Å². The van der Waals surface area contributed by atoms with Crippen LogP contribution in [0.5, 0.6) is 5.75 Å². The van der Waals surface area contributed by atoms with Gasteiger partial charge >= 0.3 is 0 Å². The Morgan fingerprint density at radius 3 is 2.74 bits per heavy atom. The zero-order valence-electron chi connectivity index (χ0n) is 10.7. The van der Waals surface area contributed by atoms with Crippen molar-refractivity contribution in [2.75, 3.05) is 19.3 Å². The first-order chi connectivity index (χ1) is 9.28. The third-order valence-corrected chi connectivity index (χ3v) is 2.52. The van der Waals surface area contributed by atoms with Crippen molar-refractivity contribution in [3.8, 4) is 17.1 Å². The molecule has 0 aliphatic heterocycles. The van der Waals surface area contributed by atoms with E-state index >= 15 is 0 Å². The number of rotatable bonds is 5. The third kappa shape index (κ3) is 2.86. The SMILES string of the molecule is COc1cc(-c2cccc[nH+]2)nc(N(C=O)OC)c1. The van der Waals surface area contributed by atoms with E-state index in [9.17, 15) is 4.79 Å². The first kappa shape index (κ1) is 13.0. The van der Waals surface area contributed by atoms with Crippen molar-refractivity contribution >= 4 is 12.2 Å². The second-order valence-corrected chi connectivity index (χ2v) is 3.64. The molecule has 1 N–H and O–H groups in total. The van der Waals surface area contributed by atoms with Crippen molar-refractivity contribution in [2.24, 2.45) is 0 Å². The molecule has 2 aromatic heterocycles. The summed E-state index contributed by atoms with van der Waals surface area (Å²) in [5.41, 5.74) is 1.46. The molecule has 0 fully saturated rings. The second kappa shape index (κ2) is 5.92. The zero-order chi connectivity index (χ0) is 13.7. The van der Waals surface area contributed by atoms with Crippen LogP contribution in [0.3, 0.4) is 0 Å². The summed E-state index contributed by atoms with van der Waals surface area (Å²) >= 11 is 0. The Labute approximate surface area is 110 Å². The Kier molecular flexibility index (Phi) is 4.04. The first-order valence-corrected chi connectivity index (χ1v) is 5.60. The highest BCUT2D eigenvalue weighted by molar-refractivity contribution is 5.72. The summed E-state index contributed by atoms with van der Waals surface area (Å²) in [5.74, 6) is 0.935. The van der Waals surface area contributed by atoms with Crippen LogP contribution in [0.1, 0.15) is 0 Å². The topological polar surface area (TPSA) is 65.8 Å². The molecule has 1 amide bonds. The molecule has 0 aliphatic rings. The van der Waals surface area contributed by atoms with Gasteiger partial charge in [0.1, 0.15) is 11.4 Å². The van der Waals surface area contributed by atoms with E-state index in [-0.39, 0.29) is 0 Å². The van der Waals surface area contributed by atoms with Gasteiger partial charge in [-0.2, -0.15) is 5.06 Å². The predicted molar refractivity (Wildman–Crippen MR) is 68.3 cm³/mol. The van der Waals surface area contributed by atoms with Gasteiger partial charge in [0.15, 0.2) is 12.0 Å². The Bertz CT molecular complexity index is 560. The minimum absolute atomic E-state index is 0.351. The number of H-pyrrole nitrogens is 1. The van der Waals surface area contributed by atoms with E-state index in [1.165, 1.54) is 7.11 Å². The summed E-state index contributed by atoms with van der Waals surface area (Å²) in [4.78, 5) is 23.2. The van der Waals surface area contributed by atoms with Gasteiger partial charge in [-0.25, -0.2) is 9.97 Å². The van der Waals surface area contributed by atoms with Crippen LogP contribution in [0, 0.1) is 0 Å². The maximum absolute atomic E-state index is 10.9.